The first kappa shape index (κ1) is 18.3. The van der Waals surface area contributed by atoms with Gasteiger partial charge in [-0.15, -0.1) is 0 Å². The van der Waals surface area contributed by atoms with Crippen molar-refractivity contribution in [3.63, 3.8) is 0 Å². The van der Waals surface area contributed by atoms with Gasteiger partial charge in [0, 0.05) is 26.8 Å². The molecule has 1 rings (SSSR count). The second-order valence-electron chi connectivity index (χ2n) is 5.37. The van der Waals surface area contributed by atoms with Crippen LogP contribution in [0.5, 0.6) is 0 Å². The van der Waals surface area contributed by atoms with Crippen molar-refractivity contribution < 1.29 is 27.8 Å². The molecule has 3 atom stereocenters. The molecule has 3 unspecified atom stereocenters. The number of carboxylic acid groups (broad SMARTS) is 1. The third-order valence-corrected chi connectivity index (χ3v) is 6.42. The van der Waals surface area contributed by atoms with Crippen molar-refractivity contribution in [1.82, 2.24) is 4.31 Å². The predicted molar refractivity (Wildman–Crippen MR) is 77.6 cm³/mol. The van der Waals surface area contributed by atoms with Crippen molar-refractivity contribution in [3.05, 3.63) is 0 Å². The maximum absolute atomic E-state index is 12.8. The summed E-state index contributed by atoms with van der Waals surface area (Å²) in [6.07, 6.45) is 1.43. The number of methoxy groups -OCH3 is 2. The van der Waals surface area contributed by atoms with Crippen LogP contribution in [0.1, 0.15) is 26.2 Å². The van der Waals surface area contributed by atoms with Crippen LogP contribution in [0, 0.1) is 5.92 Å². The number of sulfonamides is 1. The van der Waals surface area contributed by atoms with Gasteiger partial charge < -0.3 is 14.6 Å². The molecular weight excluding hydrogens is 298 g/mol. The summed E-state index contributed by atoms with van der Waals surface area (Å²) in [6, 6.07) is -0.356. The minimum absolute atomic E-state index is 0.201. The zero-order valence-corrected chi connectivity index (χ0v) is 13.6. The van der Waals surface area contributed by atoms with E-state index in [1.165, 1.54) is 18.5 Å². The molecule has 21 heavy (non-hydrogen) atoms. The molecule has 1 saturated carbocycles. The van der Waals surface area contributed by atoms with Gasteiger partial charge in [-0.2, -0.15) is 4.31 Å². The Bertz CT molecular complexity index is 438. The number of rotatable bonds is 9. The topological polar surface area (TPSA) is 93.1 Å². The van der Waals surface area contributed by atoms with Gasteiger partial charge in [0.15, 0.2) is 0 Å². The van der Waals surface area contributed by atoms with Crippen molar-refractivity contribution in [1.29, 1.82) is 0 Å². The highest BCUT2D eigenvalue weighted by atomic mass is 32.2. The van der Waals surface area contributed by atoms with Crippen molar-refractivity contribution in [2.75, 3.05) is 34.0 Å². The maximum Gasteiger partial charge on any atom is 0.307 e. The fourth-order valence-corrected chi connectivity index (χ4v) is 5.21. The van der Waals surface area contributed by atoms with E-state index in [1.807, 2.05) is 0 Å². The molecule has 1 aliphatic carbocycles. The quantitative estimate of drug-likeness (QED) is 0.666. The monoisotopic (exact) mass is 323 g/mol. The molecule has 0 spiro atoms. The van der Waals surface area contributed by atoms with Gasteiger partial charge in [-0.05, 0) is 19.8 Å². The van der Waals surface area contributed by atoms with E-state index < -0.39 is 27.2 Å². The van der Waals surface area contributed by atoms with Crippen LogP contribution in [0.4, 0.5) is 0 Å². The number of aliphatic carboxylic acids is 1. The predicted octanol–water partition coefficient (Wildman–Crippen LogP) is 0.553. The van der Waals surface area contributed by atoms with Gasteiger partial charge in [0.05, 0.1) is 24.4 Å². The zero-order valence-electron chi connectivity index (χ0n) is 12.8. The van der Waals surface area contributed by atoms with Gasteiger partial charge in [-0.25, -0.2) is 8.42 Å². The number of nitrogens with zero attached hydrogens (tertiary/aromatic N) is 1. The van der Waals surface area contributed by atoms with Crippen molar-refractivity contribution in [2.45, 2.75) is 37.5 Å². The van der Waals surface area contributed by atoms with Crippen LogP contribution in [0.3, 0.4) is 0 Å². The largest absolute Gasteiger partial charge is 0.481 e. The number of carboxylic acids is 1. The molecule has 0 heterocycles. The normalized spacial score (nSPS) is 24.4. The zero-order chi connectivity index (χ0) is 16.0. The minimum Gasteiger partial charge on any atom is -0.481 e. The highest BCUT2D eigenvalue weighted by molar-refractivity contribution is 7.89. The van der Waals surface area contributed by atoms with E-state index in [0.29, 0.717) is 19.3 Å². The van der Waals surface area contributed by atoms with Gasteiger partial charge in [0.1, 0.15) is 0 Å². The van der Waals surface area contributed by atoms with E-state index in [4.69, 9.17) is 9.47 Å². The Labute approximate surface area is 126 Å². The Morgan fingerprint density at radius 2 is 2.00 bits per heavy atom. The molecule has 0 radical (unpaired) electrons. The van der Waals surface area contributed by atoms with Gasteiger partial charge in [0.2, 0.25) is 10.0 Å². The first-order valence-electron chi connectivity index (χ1n) is 7.07. The van der Waals surface area contributed by atoms with E-state index in [0.717, 1.165) is 0 Å². The summed E-state index contributed by atoms with van der Waals surface area (Å²) in [7, 11) is -0.688. The summed E-state index contributed by atoms with van der Waals surface area (Å²) in [5.41, 5.74) is 0. The third-order valence-electron chi connectivity index (χ3n) is 3.89. The lowest BCUT2D eigenvalue weighted by Crippen LogP contribution is -2.49. The number of carbonyl (C=O) groups is 1. The minimum atomic E-state index is -3.70. The van der Waals surface area contributed by atoms with Crippen molar-refractivity contribution >= 4 is 16.0 Å². The van der Waals surface area contributed by atoms with Gasteiger partial charge in [-0.3, -0.25) is 4.79 Å². The molecule has 0 aromatic heterocycles. The van der Waals surface area contributed by atoms with Crippen molar-refractivity contribution in [3.8, 4) is 0 Å². The van der Waals surface area contributed by atoms with Crippen LogP contribution in [-0.2, 0) is 24.3 Å². The number of hydrogen-bond acceptors (Lipinski definition) is 5. The van der Waals surface area contributed by atoms with E-state index in [1.54, 1.807) is 6.92 Å². The average molecular weight is 323 g/mol. The summed E-state index contributed by atoms with van der Waals surface area (Å²) in [5.74, 6) is -1.86. The highest BCUT2D eigenvalue weighted by Gasteiger charge is 2.45. The molecule has 1 N–H and O–H groups in total. The standard InChI is InChI=1S/C13H25NO6S/c1-10(9-20-3)14(7-8-19-2)21(17,18)12-6-4-5-11(12)13(15)16/h10-12H,4-9H2,1-3H3,(H,15,16). The molecule has 1 fully saturated rings. The molecule has 0 aromatic rings. The first-order chi connectivity index (χ1) is 9.86. The fourth-order valence-electron chi connectivity index (χ4n) is 2.84. The molecular formula is C13H25NO6S. The lowest BCUT2D eigenvalue weighted by molar-refractivity contribution is -0.141. The second kappa shape index (κ2) is 8.07. The molecule has 0 saturated heterocycles. The summed E-state index contributed by atoms with van der Waals surface area (Å²) < 4.78 is 37.0. The highest BCUT2D eigenvalue weighted by Crippen LogP contribution is 2.33. The summed E-state index contributed by atoms with van der Waals surface area (Å²) in [5, 5.41) is 8.36. The van der Waals surface area contributed by atoms with Crippen molar-refractivity contribution in [2.24, 2.45) is 5.92 Å². The molecule has 1 aliphatic rings. The SMILES string of the molecule is COCCN(C(C)COC)S(=O)(=O)C1CCCC1C(=O)O. The Balaban J connectivity index is 2.99. The summed E-state index contributed by atoms with van der Waals surface area (Å²) in [6.45, 7) is 2.47. The Morgan fingerprint density at radius 1 is 1.33 bits per heavy atom. The smallest absolute Gasteiger partial charge is 0.307 e. The molecule has 0 amide bonds. The molecule has 0 aromatic carbocycles. The molecule has 8 heteroatoms. The lowest BCUT2D eigenvalue weighted by Gasteiger charge is -2.31. The Hall–Kier alpha value is -0.700. The van der Waals surface area contributed by atoms with E-state index in [-0.39, 0.29) is 25.8 Å². The Morgan fingerprint density at radius 3 is 2.52 bits per heavy atom. The van der Waals surface area contributed by atoms with Gasteiger partial charge in [0.25, 0.3) is 0 Å². The molecule has 0 aliphatic heterocycles. The molecule has 0 bridgehead atoms. The number of ether oxygens (including phenoxy) is 2. The maximum atomic E-state index is 12.8. The van der Waals surface area contributed by atoms with E-state index >= 15 is 0 Å². The second-order valence-corrected chi connectivity index (χ2v) is 7.47. The molecule has 124 valence electrons. The Kier molecular flexibility index (Phi) is 7.05. The van der Waals surface area contributed by atoms with Crippen LogP contribution < -0.4 is 0 Å². The fraction of sp³-hybridized carbons (Fsp3) is 0.923. The summed E-state index contributed by atoms with van der Waals surface area (Å²) >= 11 is 0. The van der Waals surface area contributed by atoms with E-state index in [9.17, 15) is 18.3 Å². The number of hydrogen-bond donors (Lipinski definition) is 1. The van der Waals surface area contributed by atoms with Crippen LogP contribution in [0.25, 0.3) is 0 Å². The van der Waals surface area contributed by atoms with Crippen LogP contribution >= 0.6 is 0 Å². The van der Waals surface area contributed by atoms with Gasteiger partial charge >= 0.3 is 5.97 Å². The van der Waals surface area contributed by atoms with Gasteiger partial charge in [-0.1, -0.05) is 6.42 Å². The van der Waals surface area contributed by atoms with Crippen LogP contribution in [0.2, 0.25) is 0 Å². The third kappa shape index (κ3) is 4.38. The first-order valence-corrected chi connectivity index (χ1v) is 8.57. The van der Waals surface area contributed by atoms with Crippen LogP contribution in [0.15, 0.2) is 0 Å². The average Bonchev–Trinajstić information content (AvgIpc) is 2.89. The summed E-state index contributed by atoms with van der Waals surface area (Å²) in [4.78, 5) is 11.3. The molecule has 7 nitrogen and oxygen atoms in total. The van der Waals surface area contributed by atoms with E-state index in [2.05, 4.69) is 0 Å². The lowest BCUT2D eigenvalue weighted by atomic mass is 10.1. The van der Waals surface area contributed by atoms with Crippen LogP contribution in [-0.4, -0.2) is 69.1 Å².